The minimum absolute atomic E-state index is 0.220. The molecule has 1 aliphatic rings. The first kappa shape index (κ1) is 14.5. The van der Waals surface area contributed by atoms with Gasteiger partial charge in [-0.1, -0.05) is 24.3 Å². The Morgan fingerprint density at radius 3 is 2.90 bits per heavy atom. The third-order valence-corrected chi connectivity index (χ3v) is 4.89. The van der Waals surface area contributed by atoms with Crippen LogP contribution >= 0.6 is 11.3 Å². The van der Waals surface area contributed by atoms with Crippen molar-refractivity contribution in [3.63, 3.8) is 0 Å². The van der Waals surface area contributed by atoms with Crippen LogP contribution in [0.5, 0.6) is 0 Å². The SMILES string of the molecule is CCc1nc(N(C)c2cccc(F)c2)sc1CNC1CC1. The van der Waals surface area contributed by atoms with Gasteiger partial charge < -0.3 is 10.2 Å². The molecule has 1 heterocycles. The van der Waals surface area contributed by atoms with Crippen molar-refractivity contribution < 1.29 is 4.39 Å². The molecule has 21 heavy (non-hydrogen) atoms. The molecule has 1 aliphatic carbocycles. The van der Waals surface area contributed by atoms with Gasteiger partial charge in [-0.25, -0.2) is 9.37 Å². The van der Waals surface area contributed by atoms with E-state index < -0.39 is 0 Å². The molecule has 1 saturated carbocycles. The van der Waals surface area contributed by atoms with Gasteiger partial charge in [0.15, 0.2) is 5.13 Å². The molecule has 0 unspecified atom stereocenters. The summed E-state index contributed by atoms with van der Waals surface area (Å²) >= 11 is 1.69. The minimum Gasteiger partial charge on any atom is -0.321 e. The molecule has 0 radical (unpaired) electrons. The van der Waals surface area contributed by atoms with Gasteiger partial charge in [-0.15, -0.1) is 0 Å². The number of nitrogens with one attached hydrogen (secondary N) is 1. The Morgan fingerprint density at radius 2 is 2.24 bits per heavy atom. The lowest BCUT2D eigenvalue weighted by Gasteiger charge is -2.15. The third kappa shape index (κ3) is 3.41. The van der Waals surface area contributed by atoms with Crippen molar-refractivity contribution in [2.24, 2.45) is 0 Å². The van der Waals surface area contributed by atoms with E-state index in [0.29, 0.717) is 6.04 Å². The summed E-state index contributed by atoms with van der Waals surface area (Å²) in [5.41, 5.74) is 1.97. The molecule has 0 atom stereocenters. The zero-order chi connectivity index (χ0) is 14.8. The van der Waals surface area contributed by atoms with E-state index in [4.69, 9.17) is 4.98 Å². The predicted octanol–water partition coefficient (Wildman–Crippen LogP) is 3.86. The zero-order valence-electron chi connectivity index (χ0n) is 12.4. The molecular weight excluding hydrogens is 285 g/mol. The molecule has 5 heteroatoms. The number of benzene rings is 1. The first-order valence-corrected chi connectivity index (χ1v) is 8.20. The van der Waals surface area contributed by atoms with Gasteiger partial charge in [-0.3, -0.25) is 0 Å². The van der Waals surface area contributed by atoms with Crippen LogP contribution in [0.25, 0.3) is 0 Å². The molecule has 1 N–H and O–H groups in total. The van der Waals surface area contributed by atoms with Crippen molar-refractivity contribution >= 4 is 22.2 Å². The van der Waals surface area contributed by atoms with Crippen LogP contribution in [-0.2, 0) is 13.0 Å². The summed E-state index contributed by atoms with van der Waals surface area (Å²) in [7, 11) is 1.94. The molecule has 0 spiro atoms. The summed E-state index contributed by atoms with van der Waals surface area (Å²) in [4.78, 5) is 7.96. The van der Waals surface area contributed by atoms with Crippen molar-refractivity contribution in [3.05, 3.63) is 40.7 Å². The van der Waals surface area contributed by atoms with Gasteiger partial charge >= 0.3 is 0 Å². The van der Waals surface area contributed by atoms with E-state index in [9.17, 15) is 4.39 Å². The van der Waals surface area contributed by atoms with Crippen LogP contribution in [0.15, 0.2) is 24.3 Å². The fraction of sp³-hybridized carbons (Fsp3) is 0.438. The maximum Gasteiger partial charge on any atom is 0.190 e. The highest BCUT2D eigenvalue weighted by Gasteiger charge is 2.22. The van der Waals surface area contributed by atoms with E-state index in [2.05, 4.69) is 12.2 Å². The van der Waals surface area contributed by atoms with Crippen LogP contribution < -0.4 is 10.2 Å². The fourth-order valence-electron chi connectivity index (χ4n) is 2.25. The summed E-state index contributed by atoms with van der Waals surface area (Å²) in [5.74, 6) is -0.220. The minimum atomic E-state index is -0.220. The molecule has 0 amide bonds. The molecule has 3 nitrogen and oxygen atoms in total. The number of nitrogens with zero attached hydrogens (tertiary/aromatic N) is 2. The van der Waals surface area contributed by atoms with Crippen LogP contribution in [-0.4, -0.2) is 18.1 Å². The van der Waals surface area contributed by atoms with Gasteiger partial charge in [-0.2, -0.15) is 0 Å². The van der Waals surface area contributed by atoms with E-state index in [1.165, 1.54) is 29.9 Å². The maximum absolute atomic E-state index is 13.4. The summed E-state index contributed by atoms with van der Waals surface area (Å²) < 4.78 is 13.4. The number of rotatable bonds is 6. The molecular formula is C16H20FN3S. The van der Waals surface area contributed by atoms with Crippen molar-refractivity contribution in [1.29, 1.82) is 0 Å². The highest BCUT2D eigenvalue weighted by Crippen LogP contribution is 2.31. The Morgan fingerprint density at radius 1 is 1.43 bits per heavy atom. The molecule has 2 aromatic rings. The van der Waals surface area contributed by atoms with E-state index >= 15 is 0 Å². The fourth-order valence-corrected chi connectivity index (χ4v) is 3.33. The summed E-state index contributed by atoms with van der Waals surface area (Å²) in [6.45, 7) is 3.02. The Bertz CT molecular complexity index is 622. The van der Waals surface area contributed by atoms with Gasteiger partial charge in [0.2, 0.25) is 0 Å². The van der Waals surface area contributed by atoms with E-state index in [1.807, 2.05) is 18.0 Å². The lowest BCUT2D eigenvalue weighted by Crippen LogP contribution is -2.15. The molecule has 0 bridgehead atoms. The van der Waals surface area contributed by atoms with Crippen LogP contribution in [0.4, 0.5) is 15.2 Å². The molecule has 1 aromatic heterocycles. The first-order chi connectivity index (χ1) is 10.2. The average Bonchev–Trinajstić information content (AvgIpc) is 3.23. The zero-order valence-corrected chi connectivity index (χ0v) is 13.2. The number of halogens is 1. The largest absolute Gasteiger partial charge is 0.321 e. The van der Waals surface area contributed by atoms with E-state index in [-0.39, 0.29) is 5.82 Å². The van der Waals surface area contributed by atoms with Gasteiger partial charge in [-0.05, 0) is 37.5 Å². The second-order valence-corrected chi connectivity index (χ2v) is 6.48. The predicted molar refractivity (Wildman–Crippen MR) is 85.8 cm³/mol. The molecule has 0 aliphatic heterocycles. The van der Waals surface area contributed by atoms with Crippen LogP contribution in [0.2, 0.25) is 0 Å². The maximum atomic E-state index is 13.4. The smallest absolute Gasteiger partial charge is 0.190 e. The van der Waals surface area contributed by atoms with Crippen LogP contribution in [0, 0.1) is 5.82 Å². The second-order valence-electron chi connectivity index (χ2n) is 5.41. The highest BCUT2D eigenvalue weighted by atomic mass is 32.1. The summed E-state index contributed by atoms with van der Waals surface area (Å²) in [6.07, 6.45) is 3.50. The van der Waals surface area contributed by atoms with E-state index in [0.717, 1.165) is 29.5 Å². The Labute approximate surface area is 128 Å². The third-order valence-electron chi connectivity index (χ3n) is 3.71. The van der Waals surface area contributed by atoms with E-state index in [1.54, 1.807) is 17.4 Å². The Hall–Kier alpha value is -1.46. The first-order valence-electron chi connectivity index (χ1n) is 7.38. The van der Waals surface area contributed by atoms with Gasteiger partial charge in [0.1, 0.15) is 5.82 Å². The van der Waals surface area contributed by atoms with Crippen molar-refractivity contribution in [2.75, 3.05) is 11.9 Å². The topological polar surface area (TPSA) is 28.2 Å². The molecule has 0 saturated heterocycles. The summed E-state index contributed by atoms with van der Waals surface area (Å²) in [6, 6.07) is 7.32. The van der Waals surface area contributed by atoms with Crippen LogP contribution in [0.3, 0.4) is 0 Å². The number of aryl methyl sites for hydroxylation is 1. The Kier molecular flexibility index (Phi) is 4.22. The van der Waals surface area contributed by atoms with Gasteiger partial charge in [0.05, 0.1) is 5.69 Å². The number of thiazole rings is 1. The quantitative estimate of drug-likeness (QED) is 0.878. The van der Waals surface area contributed by atoms with Gasteiger partial charge in [0.25, 0.3) is 0 Å². The highest BCUT2D eigenvalue weighted by molar-refractivity contribution is 7.15. The molecule has 1 fully saturated rings. The number of anilines is 2. The van der Waals surface area contributed by atoms with Crippen molar-refractivity contribution in [1.82, 2.24) is 10.3 Å². The number of hydrogen-bond donors (Lipinski definition) is 1. The molecule has 3 rings (SSSR count). The molecule has 112 valence electrons. The number of aromatic nitrogens is 1. The van der Waals surface area contributed by atoms with Crippen molar-refractivity contribution in [3.8, 4) is 0 Å². The monoisotopic (exact) mass is 305 g/mol. The average molecular weight is 305 g/mol. The standard InChI is InChI=1S/C16H20FN3S/c1-3-14-15(10-18-12-7-8-12)21-16(19-14)20(2)13-6-4-5-11(17)9-13/h4-6,9,12,18H,3,7-8,10H2,1-2H3. The lowest BCUT2D eigenvalue weighted by atomic mass is 10.3. The lowest BCUT2D eigenvalue weighted by molar-refractivity contribution is 0.628. The molecule has 1 aromatic carbocycles. The summed E-state index contributed by atoms with van der Waals surface area (Å²) in [5, 5.41) is 4.46. The van der Waals surface area contributed by atoms with Gasteiger partial charge in [0, 0.05) is 30.2 Å². The number of hydrogen-bond acceptors (Lipinski definition) is 4. The van der Waals surface area contributed by atoms with Crippen LogP contribution in [0.1, 0.15) is 30.3 Å². The normalized spacial score (nSPS) is 14.4. The van der Waals surface area contributed by atoms with Crippen molar-refractivity contribution in [2.45, 2.75) is 38.8 Å². The Balaban J connectivity index is 1.80. The second kappa shape index (κ2) is 6.12.